The van der Waals surface area contributed by atoms with Crippen LogP contribution in [0.1, 0.15) is 48.1 Å². The minimum atomic E-state index is -0.206. The number of thiazole rings is 1. The van der Waals surface area contributed by atoms with Gasteiger partial charge in [0.15, 0.2) is 5.13 Å². The highest BCUT2D eigenvalue weighted by Gasteiger charge is 2.30. The molecule has 0 radical (unpaired) electrons. The highest BCUT2D eigenvalue weighted by atomic mass is 35.5. The summed E-state index contributed by atoms with van der Waals surface area (Å²) in [5.41, 5.74) is 1.91. The van der Waals surface area contributed by atoms with Crippen LogP contribution in [0, 0.1) is 11.3 Å². The van der Waals surface area contributed by atoms with Crippen molar-refractivity contribution in [1.82, 2.24) is 4.98 Å². The van der Waals surface area contributed by atoms with Crippen molar-refractivity contribution in [2.45, 2.75) is 40.0 Å². The van der Waals surface area contributed by atoms with Gasteiger partial charge < -0.3 is 4.74 Å². The molecule has 1 N–H and O–H groups in total. The molecule has 6 heteroatoms. The Morgan fingerprint density at radius 3 is 2.80 bits per heavy atom. The molecular weight excluding hydrogens is 356 g/mol. The van der Waals surface area contributed by atoms with E-state index in [4.69, 9.17) is 16.3 Å². The van der Waals surface area contributed by atoms with Gasteiger partial charge in [-0.15, -0.1) is 11.3 Å². The Labute approximate surface area is 157 Å². The second-order valence-electron chi connectivity index (χ2n) is 7.50. The molecule has 0 bridgehead atoms. The zero-order valence-electron chi connectivity index (χ0n) is 15.0. The number of hydrogen-bond donors (Lipinski definition) is 1. The number of anilines is 1. The van der Waals surface area contributed by atoms with Gasteiger partial charge in [0.1, 0.15) is 5.75 Å². The summed E-state index contributed by atoms with van der Waals surface area (Å²) in [5, 5.41) is 3.98. The van der Waals surface area contributed by atoms with E-state index >= 15 is 0 Å². The Bertz CT molecular complexity index is 795. The monoisotopic (exact) mass is 378 g/mol. The Morgan fingerprint density at radius 2 is 2.16 bits per heavy atom. The second kappa shape index (κ2) is 6.96. The Morgan fingerprint density at radius 1 is 1.40 bits per heavy atom. The molecule has 1 amide bonds. The number of carbonyl (C=O) groups is 1. The number of halogens is 1. The van der Waals surface area contributed by atoms with Crippen LogP contribution in [0.15, 0.2) is 18.2 Å². The van der Waals surface area contributed by atoms with Gasteiger partial charge in [-0.25, -0.2) is 4.98 Å². The third-order valence-electron chi connectivity index (χ3n) is 4.80. The second-order valence-corrected chi connectivity index (χ2v) is 8.99. The number of ether oxygens (including phenoxy) is 1. The number of aromatic nitrogens is 1. The zero-order chi connectivity index (χ0) is 18.2. The fourth-order valence-electron chi connectivity index (χ4n) is 3.15. The quantitative estimate of drug-likeness (QED) is 0.797. The van der Waals surface area contributed by atoms with Gasteiger partial charge in [0.25, 0.3) is 5.91 Å². The maximum Gasteiger partial charge on any atom is 0.257 e. The van der Waals surface area contributed by atoms with Crippen molar-refractivity contribution in [3.63, 3.8) is 0 Å². The first-order valence-corrected chi connectivity index (χ1v) is 9.61. The van der Waals surface area contributed by atoms with Crippen LogP contribution < -0.4 is 10.1 Å². The molecule has 1 atom stereocenters. The van der Waals surface area contributed by atoms with Crippen LogP contribution in [-0.2, 0) is 12.8 Å². The average molecular weight is 379 g/mol. The molecule has 1 aliphatic rings. The maximum absolute atomic E-state index is 12.5. The molecule has 4 nitrogen and oxygen atoms in total. The van der Waals surface area contributed by atoms with Crippen LogP contribution in [0.3, 0.4) is 0 Å². The highest BCUT2D eigenvalue weighted by molar-refractivity contribution is 7.15. The van der Waals surface area contributed by atoms with E-state index < -0.39 is 0 Å². The molecule has 1 heterocycles. The van der Waals surface area contributed by atoms with Crippen molar-refractivity contribution >= 4 is 34.0 Å². The number of benzene rings is 1. The zero-order valence-corrected chi connectivity index (χ0v) is 16.6. The molecule has 2 aromatic rings. The van der Waals surface area contributed by atoms with Gasteiger partial charge in [-0.1, -0.05) is 32.4 Å². The summed E-state index contributed by atoms with van der Waals surface area (Å²) in [6.45, 7) is 6.85. The van der Waals surface area contributed by atoms with Crippen molar-refractivity contribution in [2.24, 2.45) is 11.3 Å². The maximum atomic E-state index is 12.5. The number of nitrogens with one attached hydrogen (secondary N) is 1. The smallest absolute Gasteiger partial charge is 0.257 e. The fourth-order valence-corrected chi connectivity index (χ4v) is 4.41. The number of carbonyl (C=O) groups excluding carboxylic acids is 1. The first kappa shape index (κ1) is 18.2. The molecule has 3 rings (SSSR count). The molecule has 0 saturated carbocycles. The summed E-state index contributed by atoms with van der Waals surface area (Å²) >= 11 is 7.68. The molecule has 1 aromatic carbocycles. The lowest BCUT2D eigenvalue weighted by Crippen LogP contribution is -2.26. The van der Waals surface area contributed by atoms with Crippen LogP contribution in [0.2, 0.25) is 5.02 Å². The van der Waals surface area contributed by atoms with E-state index in [1.54, 1.807) is 36.6 Å². The number of aryl methyl sites for hydroxylation is 1. The summed E-state index contributed by atoms with van der Waals surface area (Å²) in [6.07, 6.45) is 3.21. The number of amides is 1. The van der Waals surface area contributed by atoms with Crippen molar-refractivity contribution in [1.29, 1.82) is 0 Å². The van der Waals surface area contributed by atoms with Crippen molar-refractivity contribution in [3.8, 4) is 5.75 Å². The first-order valence-electron chi connectivity index (χ1n) is 8.41. The van der Waals surface area contributed by atoms with Crippen molar-refractivity contribution in [2.75, 3.05) is 12.4 Å². The molecular formula is C19H23ClN2O2S. The number of hydrogen-bond acceptors (Lipinski definition) is 4. The number of rotatable bonds is 3. The fraction of sp³-hybridized carbons (Fsp3) is 0.474. The Kier molecular flexibility index (Phi) is 5.07. The number of methoxy groups -OCH3 is 1. The molecule has 1 aliphatic carbocycles. The van der Waals surface area contributed by atoms with E-state index in [0.717, 1.165) is 18.5 Å². The van der Waals surface area contributed by atoms with E-state index in [1.165, 1.54) is 11.3 Å². The standard InChI is InChI=1S/C19H23ClN2O2S/c1-19(2,3)12-6-8-16-14(10-12)21-18(25-16)22-17(23)11-5-7-15(24-4)13(20)9-11/h5,7,9,12H,6,8,10H2,1-4H3,(H,21,22,23)/t12-/m1/s1. The van der Waals surface area contributed by atoms with Crippen LogP contribution in [0.4, 0.5) is 5.13 Å². The number of nitrogens with zero attached hydrogens (tertiary/aromatic N) is 1. The van der Waals surface area contributed by atoms with Crippen LogP contribution in [0.5, 0.6) is 5.75 Å². The van der Waals surface area contributed by atoms with Gasteiger partial charge in [0.05, 0.1) is 17.8 Å². The van der Waals surface area contributed by atoms with Gasteiger partial charge >= 0.3 is 0 Å². The minimum absolute atomic E-state index is 0.206. The van der Waals surface area contributed by atoms with Crippen LogP contribution in [0.25, 0.3) is 0 Å². The Hall–Kier alpha value is -1.59. The van der Waals surface area contributed by atoms with Gasteiger partial charge in [-0.05, 0) is 48.8 Å². The third kappa shape index (κ3) is 3.98. The van der Waals surface area contributed by atoms with Crippen molar-refractivity contribution < 1.29 is 9.53 Å². The van der Waals surface area contributed by atoms with Gasteiger partial charge in [-0.2, -0.15) is 0 Å². The topological polar surface area (TPSA) is 51.2 Å². The first-order chi connectivity index (χ1) is 11.8. The van der Waals surface area contributed by atoms with E-state index in [9.17, 15) is 4.79 Å². The summed E-state index contributed by atoms with van der Waals surface area (Å²) in [7, 11) is 1.55. The molecule has 0 fully saturated rings. The Balaban J connectivity index is 1.73. The lowest BCUT2D eigenvalue weighted by atomic mass is 9.73. The summed E-state index contributed by atoms with van der Waals surface area (Å²) in [5.74, 6) is 0.977. The van der Waals surface area contributed by atoms with Crippen molar-refractivity contribution in [3.05, 3.63) is 39.4 Å². The molecule has 0 saturated heterocycles. The van der Waals surface area contributed by atoms with E-state index in [-0.39, 0.29) is 11.3 Å². The predicted octanol–water partition coefficient (Wildman–Crippen LogP) is 5.21. The predicted molar refractivity (Wildman–Crippen MR) is 103 cm³/mol. The summed E-state index contributed by atoms with van der Waals surface area (Å²) in [4.78, 5) is 18.4. The molecule has 0 aliphatic heterocycles. The van der Waals surface area contributed by atoms with E-state index in [2.05, 4.69) is 31.1 Å². The normalized spacial score (nSPS) is 17.1. The highest BCUT2D eigenvalue weighted by Crippen LogP contribution is 2.39. The van der Waals surface area contributed by atoms with Crippen LogP contribution >= 0.6 is 22.9 Å². The summed E-state index contributed by atoms with van der Waals surface area (Å²) in [6, 6.07) is 5.00. The molecule has 0 unspecified atom stereocenters. The lowest BCUT2D eigenvalue weighted by molar-refractivity contribution is 0.102. The summed E-state index contributed by atoms with van der Waals surface area (Å²) < 4.78 is 5.12. The largest absolute Gasteiger partial charge is 0.495 e. The van der Waals surface area contributed by atoms with Crippen LogP contribution in [-0.4, -0.2) is 18.0 Å². The number of fused-ring (bicyclic) bond motifs is 1. The molecule has 0 spiro atoms. The molecule has 25 heavy (non-hydrogen) atoms. The average Bonchev–Trinajstić information content (AvgIpc) is 2.95. The van der Waals surface area contributed by atoms with Gasteiger partial charge in [0, 0.05) is 10.4 Å². The SMILES string of the molecule is COc1ccc(C(=O)Nc2nc3c(s2)CC[C@@H](C(C)(C)C)C3)cc1Cl. The van der Waals surface area contributed by atoms with E-state index in [0.29, 0.717) is 27.4 Å². The molecule has 1 aromatic heterocycles. The lowest BCUT2D eigenvalue weighted by Gasteiger charge is -2.33. The van der Waals surface area contributed by atoms with Gasteiger partial charge in [0.2, 0.25) is 0 Å². The van der Waals surface area contributed by atoms with E-state index in [1.807, 2.05) is 0 Å². The van der Waals surface area contributed by atoms with Gasteiger partial charge in [-0.3, -0.25) is 10.1 Å². The molecule has 134 valence electrons. The third-order valence-corrected chi connectivity index (χ3v) is 6.17. The minimum Gasteiger partial charge on any atom is -0.495 e.